The average Bonchev–Trinajstić information content (AvgIpc) is 3.65. The fraction of sp³-hybridized carbons (Fsp3) is 0.600. The van der Waals surface area contributed by atoms with Crippen molar-refractivity contribution in [3.05, 3.63) is 80.9 Å². The fourth-order valence-corrected chi connectivity index (χ4v) is 11.9. The van der Waals surface area contributed by atoms with E-state index in [0.717, 1.165) is 12.0 Å². The number of esters is 1. The summed E-state index contributed by atoms with van der Waals surface area (Å²) in [6, 6.07) is 0.664. The van der Waals surface area contributed by atoms with Crippen LogP contribution in [0.25, 0.3) is 0 Å². The number of amides is 1. The molecule has 2 saturated heterocycles. The number of hydrogen-bond donors (Lipinski definition) is 5. The molecule has 1 aromatic heterocycles. The van der Waals surface area contributed by atoms with Crippen molar-refractivity contribution in [2.75, 3.05) is 0 Å². The van der Waals surface area contributed by atoms with Crippen molar-refractivity contribution in [1.82, 2.24) is 10.3 Å². The number of hydrogen-bond acceptors (Lipinski definition) is 9. The number of nitrogens with one attached hydrogen (secondary N) is 2. The lowest BCUT2D eigenvalue weighted by molar-refractivity contribution is -0.258. The van der Waals surface area contributed by atoms with E-state index >= 15 is 4.79 Å². The van der Waals surface area contributed by atoms with E-state index in [-0.39, 0.29) is 69.3 Å². The maximum absolute atomic E-state index is 15.2. The third-order valence-electron chi connectivity index (χ3n) is 14.4. The molecule has 5 N–H and O–H groups in total. The normalized spacial score (nSPS) is 41.1. The number of aromatic nitrogens is 1. The molecule has 3 fully saturated rings. The van der Waals surface area contributed by atoms with Crippen molar-refractivity contribution in [1.29, 1.82) is 0 Å². The van der Waals surface area contributed by atoms with Crippen molar-refractivity contribution in [3.63, 3.8) is 0 Å². The second-order valence-corrected chi connectivity index (χ2v) is 18.6. The number of carboxylic acids is 1. The third kappa shape index (κ3) is 7.24. The van der Waals surface area contributed by atoms with Crippen molar-refractivity contribution >= 4 is 46.8 Å². The molecule has 7 rings (SSSR count). The van der Waals surface area contributed by atoms with E-state index in [1.54, 1.807) is 19.9 Å². The van der Waals surface area contributed by atoms with Gasteiger partial charge in [-0.3, -0.25) is 9.59 Å². The number of fused-ring (bicyclic) bond motifs is 4. The van der Waals surface area contributed by atoms with Crippen LogP contribution in [0.5, 0.6) is 0 Å². The number of aliphatic hydroxyl groups is 2. The molecule has 3 heterocycles. The Bertz CT molecular complexity index is 2040. The lowest BCUT2D eigenvalue weighted by atomic mass is 9.51. The van der Waals surface area contributed by atoms with Crippen LogP contribution in [-0.2, 0) is 28.6 Å². The first-order valence-corrected chi connectivity index (χ1v) is 21.7. The number of halogens is 2. The number of ether oxygens (including phenoxy) is 3. The van der Waals surface area contributed by atoms with Gasteiger partial charge in [0.1, 0.15) is 22.2 Å². The van der Waals surface area contributed by atoms with Crippen molar-refractivity contribution < 1.29 is 48.7 Å². The zero-order chi connectivity index (χ0) is 42.8. The van der Waals surface area contributed by atoms with Gasteiger partial charge in [0.25, 0.3) is 5.91 Å². The molecule has 2 bridgehead atoms. The van der Waals surface area contributed by atoms with Gasteiger partial charge in [0.2, 0.25) is 5.78 Å². The molecule has 14 heteroatoms. The molecular weight excluding hydrogens is 799 g/mol. The summed E-state index contributed by atoms with van der Waals surface area (Å²) in [5.41, 5.74) is -3.32. The summed E-state index contributed by atoms with van der Waals surface area (Å²) >= 11 is 12.2. The Kier molecular flexibility index (Phi) is 12.0. The molecule has 1 aromatic rings. The van der Waals surface area contributed by atoms with Crippen LogP contribution in [0.1, 0.15) is 103 Å². The first-order chi connectivity index (χ1) is 27.9. The van der Waals surface area contributed by atoms with Crippen LogP contribution in [0.4, 0.5) is 0 Å². The predicted octanol–water partition coefficient (Wildman–Crippen LogP) is 7.97. The lowest BCUT2D eigenvalue weighted by Crippen LogP contribution is -2.58. The Balaban J connectivity index is 1.23. The van der Waals surface area contributed by atoms with Crippen LogP contribution in [0.3, 0.4) is 0 Å². The number of allylic oxidation sites excluding steroid dienone is 5. The standard InChI is InChI=1S/C45H56Cl2N2O10/c1-7-25-20-45-39(52)34(42(56)59-45)38(51)44(8-2)26(12-10-9-11-22(3)19-43(45,6)21-28(25)41(54)55)14-15-27-29(44)16-13-23(4)37(27)58-33-18-31(50)35(24(5)57-33)49-40(53)36-30(46)17-32(47)48-36/h9-10,14-15,17,19,21,23-27,29,31,33,35,37,48,50-51H,7-8,11-13,16,18,20H2,1-6H3,(H,49,53)(H,54,55)/b10-9+,22-19-,38-34?/t23-,24+,25-,26+,27-,29+,31+,33-,35+,37-,43+,44+,45+/m0/s1. The SMILES string of the molecule is CC[C@H]1C[C@]23OC(=O)C(=C(O)[C@@]4(CC)[C@@H]5CC[C@H](C)[C@H](O[C@H]6C[C@@H](O)[C@H](NC(=O)c7[nH]c(Cl)cc7Cl)[C@@H](C)O6)[C@H]5C=C[C@H]4C/C=C/C/C(C)=C\[C@]2(C)C=C1C(=O)O)C3=O. The van der Waals surface area contributed by atoms with E-state index in [2.05, 4.69) is 41.5 Å². The minimum atomic E-state index is -1.75. The van der Waals surface area contributed by atoms with Crippen molar-refractivity contribution in [3.8, 4) is 0 Å². The molecule has 59 heavy (non-hydrogen) atoms. The minimum absolute atomic E-state index is 0.0225. The summed E-state index contributed by atoms with van der Waals surface area (Å²) in [6.45, 7) is 11.4. The van der Waals surface area contributed by atoms with Gasteiger partial charge >= 0.3 is 11.9 Å². The van der Waals surface area contributed by atoms with Crippen molar-refractivity contribution in [2.45, 2.75) is 129 Å². The molecule has 13 atom stereocenters. The lowest BCUT2D eigenvalue weighted by Gasteiger charge is -2.55. The van der Waals surface area contributed by atoms with Crippen molar-refractivity contribution in [2.24, 2.45) is 40.4 Å². The minimum Gasteiger partial charge on any atom is -0.511 e. The van der Waals surface area contributed by atoms with Gasteiger partial charge in [-0.2, -0.15) is 0 Å². The molecule has 6 aliphatic rings. The largest absolute Gasteiger partial charge is 0.511 e. The van der Waals surface area contributed by atoms with Crippen LogP contribution >= 0.6 is 23.2 Å². The molecule has 1 spiro atoms. The number of ketones is 1. The Morgan fingerprint density at radius 3 is 2.49 bits per heavy atom. The van der Waals surface area contributed by atoms with Crippen LogP contribution in [-0.4, -0.2) is 80.2 Å². The van der Waals surface area contributed by atoms with E-state index < -0.39 is 76.6 Å². The first-order valence-electron chi connectivity index (χ1n) is 20.9. The zero-order valence-electron chi connectivity index (χ0n) is 34.4. The van der Waals surface area contributed by atoms with Crippen LogP contribution in [0, 0.1) is 40.4 Å². The summed E-state index contributed by atoms with van der Waals surface area (Å²) in [4.78, 5) is 57.7. The second-order valence-electron chi connectivity index (χ2n) is 17.8. The quantitative estimate of drug-likeness (QED) is 0.102. The molecule has 0 unspecified atom stereocenters. The Labute approximate surface area is 355 Å². The van der Waals surface area contributed by atoms with E-state index in [1.807, 2.05) is 26.8 Å². The van der Waals surface area contributed by atoms with E-state index in [9.17, 15) is 29.7 Å². The predicted molar refractivity (Wildman–Crippen MR) is 220 cm³/mol. The molecule has 0 radical (unpaired) electrons. The number of H-pyrrole nitrogens is 1. The number of Topliss-reactive ketones (excluding diaryl/α,β-unsaturated/α-hetero) is 1. The second kappa shape index (κ2) is 16.3. The topological polar surface area (TPSA) is 184 Å². The Morgan fingerprint density at radius 2 is 1.85 bits per heavy atom. The van der Waals surface area contributed by atoms with Gasteiger partial charge in [0.15, 0.2) is 11.9 Å². The average molecular weight is 856 g/mol. The number of carbonyl (C=O) groups excluding carboxylic acids is 3. The molecule has 4 aliphatic carbocycles. The smallest absolute Gasteiger partial charge is 0.346 e. The Morgan fingerprint density at radius 1 is 1.10 bits per heavy atom. The number of aliphatic hydroxyl groups excluding tert-OH is 2. The molecule has 320 valence electrons. The summed E-state index contributed by atoms with van der Waals surface area (Å²) in [6.07, 6.45) is 12.3. The summed E-state index contributed by atoms with van der Waals surface area (Å²) < 4.78 is 19.4. The molecule has 2 aliphatic heterocycles. The highest BCUT2D eigenvalue weighted by Gasteiger charge is 2.67. The van der Waals surface area contributed by atoms with Gasteiger partial charge in [-0.1, -0.05) is 86.0 Å². The highest BCUT2D eigenvalue weighted by atomic mass is 35.5. The van der Waals surface area contributed by atoms with E-state index in [4.69, 9.17) is 37.4 Å². The van der Waals surface area contributed by atoms with Crippen LogP contribution < -0.4 is 5.32 Å². The highest BCUT2D eigenvalue weighted by molar-refractivity contribution is 6.36. The zero-order valence-corrected chi connectivity index (χ0v) is 35.9. The highest BCUT2D eigenvalue weighted by Crippen LogP contribution is 2.61. The number of carboxylic acid groups (broad SMARTS) is 1. The summed E-state index contributed by atoms with van der Waals surface area (Å²) in [5, 5.41) is 37.6. The summed E-state index contributed by atoms with van der Waals surface area (Å²) in [7, 11) is 0. The number of aliphatic carboxylic acids is 1. The molecule has 0 aromatic carbocycles. The Hall–Kier alpha value is -3.68. The van der Waals surface area contributed by atoms with Crippen LogP contribution in [0.15, 0.2) is 65.0 Å². The van der Waals surface area contributed by atoms with E-state index in [0.29, 0.717) is 32.1 Å². The van der Waals surface area contributed by atoms with Gasteiger partial charge in [-0.15, -0.1) is 0 Å². The summed E-state index contributed by atoms with van der Waals surface area (Å²) in [5.74, 6) is -4.71. The first kappa shape index (κ1) is 43.4. The molecule has 1 saturated carbocycles. The van der Waals surface area contributed by atoms with Gasteiger partial charge in [0.05, 0.1) is 34.8 Å². The van der Waals surface area contributed by atoms with Gasteiger partial charge in [-0.05, 0) is 89.0 Å². The molecular formula is C45H56Cl2N2O10. The van der Waals surface area contributed by atoms with Crippen LogP contribution in [0.2, 0.25) is 10.2 Å². The third-order valence-corrected chi connectivity index (χ3v) is 14.9. The number of aromatic amines is 1. The maximum Gasteiger partial charge on any atom is 0.346 e. The van der Waals surface area contributed by atoms with Gasteiger partial charge < -0.3 is 39.8 Å². The number of rotatable bonds is 7. The van der Waals surface area contributed by atoms with Gasteiger partial charge in [0, 0.05) is 29.7 Å². The van der Waals surface area contributed by atoms with E-state index in [1.165, 1.54) is 6.07 Å². The fourth-order valence-electron chi connectivity index (χ4n) is 11.4. The monoisotopic (exact) mass is 854 g/mol. The maximum atomic E-state index is 15.2. The number of carbonyl (C=O) groups is 4. The molecule has 1 amide bonds. The molecule has 12 nitrogen and oxygen atoms in total. The van der Waals surface area contributed by atoms with Gasteiger partial charge in [-0.25, -0.2) is 9.59 Å².